The van der Waals surface area contributed by atoms with Gasteiger partial charge in [-0.15, -0.1) is 0 Å². The molecule has 5 nitrogen and oxygen atoms in total. The van der Waals surface area contributed by atoms with E-state index in [2.05, 4.69) is 4.99 Å². The molecule has 0 saturated heterocycles. The summed E-state index contributed by atoms with van der Waals surface area (Å²) in [6.45, 7) is 3.78. The smallest absolute Gasteiger partial charge is 0.325 e. The molecule has 1 amide bonds. The highest BCUT2D eigenvalue weighted by molar-refractivity contribution is 7.16. The molecule has 1 aromatic carbocycles. The fourth-order valence-corrected chi connectivity index (χ4v) is 3.04. The third-order valence-electron chi connectivity index (χ3n) is 2.94. The van der Waals surface area contributed by atoms with Gasteiger partial charge in [-0.05, 0) is 18.6 Å². The Bertz CT molecular complexity index is 728. The van der Waals surface area contributed by atoms with Crippen LogP contribution in [-0.2, 0) is 20.9 Å². The van der Waals surface area contributed by atoms with Crippen molar-refractivity contribution >= 4 is 33.4 Å². The van der Waals surface area contributed by atoms with Crippen molar-refractivity contribution in [3.05, 3.63) is 28.6 Å². The monoisotopic (exact) mass is 292 g/mol. The minimum absolute atomic E-state index is 0.0528. The van der Waals surface area contributed by atoms with Crippen molar-refractivity contribution in [2.75, 3.05) is 7.11 Å². The van der Waals surface area contributed by atoms with E-state index in [-0.39, 0.29) is 18.4 Å². The molecular weight excluding hydrogens is 276 g/mol. The highest BCUT2D eigenvalue weighted by Gasteiger charge is 2.12. The van der Waals surface area contributed by atoms with Crippen molar-refractivity contribution in [2.24, 2.45) is 4.99 Å². The van der Waals surface area contributed by atoms with Crippen LogP contribution < -0.4 is 4.80 Å². The van der Waals surface area contributed by atoms with Crippen LogP contribution in [0.15, 0.2) is 23.2 Å². The Hall–Kier alpha value is -1.95. The number of nitrogens with zero attached hydrogens (tertiary/aromatic N) is 2. The lowest BCUT2D eigenvalue weighted by Gasteiger charge is -2.05. The summed E-state index contributed by atoms with van der Waals surface area (Å²) in [5.74, 6) is -0.564. The molecule has 0 spiro atoms. The molecule has 6 heteroatoms. The number of benzene rings is 1. The van der Waals surface area contributed by atoms with Gasteiger partial charge >= 0.3 is 5.97 Å². The van der Waals surface area contributed by atoms with E-state index in [1.807, 2.05) is 25.1 Å². The van der Waals surface area contributed by atoms with E-state index in [1.165, 1.54) is 18.4 Å². The van der Waals surface area contributed by atoms with E-state index >= 15 is 0 Å². The number of aromatic nitrogens is 1. The van der Waals surface area contributed by atoms with Gasteiger partial charge in [-0.2, -0.15) is 4.99 Å². The molecule has 0 saturated carbocycles. The Morgan fingerprint density at radius 1 is 1.40 bits per heavy atom. The molecule has 0 aliphatic carbocycles. The third-order valence-corrected chi connectivity index (χ3v) is 3.98. The van der Waals surface area contributed by atoms with Crippen LogP contribution in [0.25, 0.3) is 10.2 Å². The van der Waals surface area contributed by atoms with Crippen molar-refractivity contribution < 1.29 is 14.3 Å². The van der Waals surface area contributed by atoms with Gasteiger partial charge in [0.25, 0.3) is 0 Å². The van der Waals surface area contributed by atoms with E-state index < -0.39 is 0 Å². The second kappa shape index (κ2) is 6.00. The summed E-state index contributed by atoms with van der Waals surface area (Å²) in [4.78, 5) is 27.7. The average Bonchev–Trinajstić information content (AvgIpc) is 2.77. The van der Waals surface area contributed by atoms with E-state index in [4.69, 9.17) is 4.74 Å². The largest absolute Gasteiger partial charge is 0.468 e. The maximum absolute atomic E-state index is 11.6. The highest BCUT2D eigenvalue weighted by atomic mass is 32.1. The zero-order valence-corrected chi connectivity index (χ0v) is 12.5. The molecule has 1 heterocycles. The first-order valence-corrected chi connectivity index (χ1v) is 7.11. The number of ether oxygens (including phenoxy) is 1. The number of carbonyl (C=O) groups excluding carboxylic acids is 2. The zero-order valence-electron chi connectivity index (χ0n) is 11.7. The fourth-order valence-electron chi connectivity index (χ4n) is 1.92. The van der Waals surface area contributed by atoms with Crippen molar-refractivity contribution in [1.29, 1.82) is 0 Å². The molecule has 0 fully saturated rings. The molecule has 2 rings (SSSR count). The lowest BCUT2D eigenvalue weighted by atomic mass is 10.2. The number of carbonyl (C=O) groups is 2. The molecule has 2 aromatic rings. The predicted octanol–water partition coefficient (Wildman–Crippen LogP) is 2.02. The van der Waals surface area contributed by atoms with Crippen LogP contribution in [0.1, 0.15) is 18.9 Å². The van der Waals surface area contributed by atoms with E-state index in [0.717, 1.165) is 15.8 Å². The van der Waals surface area contributed by atoms with Gasteiger partial charge in [-0.1, -0.05) is 30.4 Å². The Labute approximate surface area is 120 Å². The van der Waals surface area contributed by atoms with Crippen molar-refractivity contribution in [3.8, 4) is 0 Å². The molecule has 0 aliphatic heterocycles. The SMILES string of the molecule is CCC(=O)N=c1sc2cccc(C)c2n1CC(=O)OC. The Balaban J connectivity index is 2.70. The average molecular weight is 292 g/mol. The maximum Gasteiger partial charge on any atom is 0.325 e. The minimum atomic E-state index is -0.363. The number of para-hydroxylation sites is 1. The summed E-state index contributed by atoms with van der Waals surface area (Å²) >= 11 is 1.40. The fraction of sp³-hybridized carbons (Fsp3) is 0.357. The van der Waals surface area contributed by atoms with Crippen molar-refractivity contribution in [2.45, 2.75) is 26.8 Å². The number of amides is 1. The van der Waals surface area contributed by atoms with Crippen LogP contribution in [-0.4, -0.2) is 23.6 Å². The predicted molar refractivity (Wildman–Crippen MR) is 77.4 cm³/mol. The van der Waals surface area contributed by atoms with Crippen LogP contribution in [0.4, 0.5) is 0 Å². The molecule has 1 aromatic heterocycles. The summed E-state index contributed by atoms with van der Waals surface area (Å²) in [6.07, 6.45) is 0.339. The second-order valence-electron chi connectivity index (χ2n) is 4.33. The molecule has 106 valence electrons. The summed E-state index contributed by atoms with van der Waals surface area (Å²) < 4.78 is 7.46. The Kier molecular flexibility index (Phi) is 4.34. The highest BCUT2D eigenvalue weighted by Crippen LogP contribution is 2.20. The molecule has 20 heavy (non-hydrogen) atoms. The number of aryl methyl sites for hydroxylation is 1. The van der Waals surface area contributed by atoms with Gasteiger partial charge in [-0.25, -0.2) is 0 Å². The quantitative estimate of drug-likeness (QED) is 0.813. The lowest BCUT2D eigenvalue weighted by molar-refractivity contribution is -0.141. The molecule has 0 radical (unpaired) electrons. The van der Waals surface area contributed by atoms with Gasteiger partial charge in [-0.3, -0.25) is 9.59 Å². The number of methoxy groups -OCH3 is 1. The number of esters is 1. The summed E-state index contributed by atoms with van der Waals surface area (Å²) in [5, 5.41) is 0. The van der Waals surface area contributed by atoms with Gasteiger partial charge in [0.1, 0.15) is 6.54 Å². The molecule has 0 bridgehead atoms. The number of thiazole rings is 1. The van der Waals surface area contributed by atoms with Gasteiger partial charge < -0.3 is 9.30 Å². The number of fused-ring (bicyclic) bond motifs is 1. The van der Waals surface area contributed by atoms with E-state index in [0.29, 0.717) is 11.2 Å². The normalized spacial score (nSPS) is 11.8. The number of rotatable bonds is 3. The third kappa shape index (κ3) is 2.80. The summed E-state index contributed by atoms with van der Waals surface area (Å²) in [5.41, 5.74) is 1.96. The maximum atomic E-state index is 11.6. The van der Waals surface area contributed by atoms with Crippen LogP contribution >= 0.6 is 11.3 Å². The number of hydrogen-bond acceptors (Lipinski definition) is 4. The number of hydrogen-bond donors (Lipinski definition) is 0. The molecule has 0 aliphatic rings. The molecule has 0 N–H and O–H groups in total. The van der Waals surface area contributed by atoms with Crippen LogP contribution in [0.3, 0.4) is 0 Å². The second-order valence-corrected chi connectivity index (χ2v) is 5.34. The van der Waals surface area contributed by atoms with Crippen molar-refractivity contribution in [1.82, 2.24) is 4.57 Å². The van der Waals surface area contributed by atoms with Crippen LogP contribution in [0, 0.1) is 6.92 Å². The van der Waals surface area contributed by atoms with Crippen LogP contribution in [0.5, 0.6) is 0 Å². The summed E-state index contributed by atoms with van der Waals surface area (Å²) in [7, 11) is 1.35. The first kappa shape index (κ1) is 14.5. The van der Waals surface area contributed by atoms with E-state index in [9.17, 15) is 9.59 Å². The Morgan fingerprint density at radius 2 is 2.15 bits per heavy atom. The summed E-state index contributed by atoms with van der Waals surface area (Å²) in [6, 6.07) is 5.87. The molecular formula is C14H16N2O3S. The first-order chi connectivity index (χ1) is 9.56. The zero-order chi connectivity index (χ0) is 14.7. The van der Waals surface area contributed by atoms with Crippen molar-refractivity contribution in [3.63, 3.8) is 0 Å². The first-order valence-electron chi connectivity index (χ1n) is 6.30. The lowest BCUT2D eigenvalue weighted by Crippen LogP contribution is -2.22. The van der Waals surface area contributed by atoms with Gasteiger partial charge in [0.2, 0.25) is 5.91 Å². The van der Waals surface area contributed by atoms with Crippen LogP contribution in [0.2, 0.25) is 0 Å². The van der Waals surface area contributed by atoms with Gasteiger partial charge in [0, 0.05) is 6.42 Å². The molecule has 0 unspecified atom stereocenters. The van der Waals surface area contributed by atoms with Gasteiger partial charge in [0.15, 0.2) is 4.80 Å². The molecule has 0 atom stereocenters. The topological polar surface area (TPSA) is 60.7 Å². The van der Waals surface area contributed by atoms with E-state index in [1.54, 1.807) is 11.5 Å². The van der Waals surface area contributed by atoms with Gasteiger partial charge in [0.05, 0.1) is 17.3 Å². The Morgan fingerprint density at radius 3 is 2.80 bits per heavy atom. The standard InChI is InChI=1S/C14H16N2O3S/c1-4-11(17)15-14-16(8-12(18)19-3)13-9(2)6-5-7-10(13)20-14/h5-7H,4,8H2,1-3H3. The minimum Gasteiger partial charge on any atom is -0.468 e.